The molecule has 2 amide bonds. The normalized spacial score (nSPS) is 17.7. The number of rotatable bonds is 6. The summed E-state index contributed by atoms with van der Waals surface area (Å²) < 4.78 is 5.57. The Bertz CT molecular complexity index is 1190. The quantitative estimate of drug-likeness (QED) is 0.592. The lowest BCUT2D eigenvalue weighted by Gasteiger charge is -2.32. The van der Waals surface area contributed by atoms with Gasteiger partial charge >= 0.3 is 0 Å². The molecular weight excluding hydrogens is 440 g/mol. The van der Waals surface area contributed by atoms with Gasteiger partial charge in [0.2, 0.25) is 11.8 Å². The number of allylic oxidation sites excluding steroid dienone is 3. The van der Waals surface area contributed by atoms with Gasteiger partial charge in [-0.1, -0.05) is 11.8 Å². The van der Waals surface area contributed by atoms with E-state index in [9.17, 15) is 19.6 Å². The number of anilines is 2. The van der Waals surface area contributed by atoms with Gasteiger partial charge in [0.05, 0.1) is 34.6 Å². The lowest BCUT2D eigenvalue weighted by molar-refractivity contribution is -0.116. The van der Waals surface area contributed by atoms with Crippen LogP contribution in [0.3, 0.4) is 0 Å². The van der Waals surface area contributed by atoms with Crippen LogP contribution < -0.4 is 16.0 Å². The van der Waals surface area contributed by atoms with Gasteiger partial charge < -0.3 is 20.4 Å². The van der Waals surface area contributed by atoms with Gasteiger partial charge in [-0.05, 0) is 49.2 Å². The van der Waals surface area contributed by atoms with Crippen LogP contribution in [-0.4, -0.2) is 23.4 Å². The van der Waals surface area contributed by atoms with Crippen molar-refractivity contribution in [2.24, 2.45) is 0 Å². The molecule has 9 heteroatoms. The second-order valence-corrected chi connectivity index (χ2v) is 8.68. The summed E-state index contributed by atoms with van der Waals surface area (Å²) >= 11 is 1.22. The maximum Gasteiger partial charge on any atom is 0.234 e. The van der Waals surface area contributed by atoms with E-state index in [0.29, 0.717) is 46.2 Å². The number of Topliss-reactive ketones (excluding diaryl/α,β-unsaturated/α-hetero) is 1. The molecule has 4 rings (SSSR count). The van der Waals surface area contributed by atoms with Crippen LogP contribution in [0.15, 0.2) is 69.0 Å². The highest BCUT2D eigenvalue weighted by atomic mass is 32.2. The molecule has 1 aromatic heterocycles. The maximum absolute atomic E-state index is 12.7. The van der Waals surface area contributed by atoms with E-state index in [1.54, 1.807) is 36.4 Å². The van der Waals surface area contributed by atoms with Crippen LogP contribution in [0.1, 0.15) is 37.9 Å². The van der Waals surface area contributed by atoms with Gasteiger partial charge in [0, 0.05) is 36.0 Å². The Labute approximate surface area is 195 Å². The van der Waals surface area contributed by atoms with Gasteiger partial charge in [0.25, 0.3) is 0 Å². The fraction of sp³-hybridized carbons (Fsp3) is 0.250. The molecule has 1 atom stereocenters. The number of dihydropyridines is 1. The molecule has 2 aromatic rings. The lowest BCUT2D eigenvalue weighted by Crippen LogP contribution is -2.31. The van der Waals surface area contributed by atoms with Gasteiger partial charge in [-0.25, -0.2) is 0 Å². The monoisotopic (exact) mass is 462 g/mol. The topological polar surface area (TPSA) is 124 Å². The molecule has 1 aliphatic carbocycles. The van der Waals surface area contributed by atoms with Crippen molar-refractivity contribution in [3.8, 4) is 6.07 Å². The van der Waals surface area contributed by atoms with Crippen LogP contribution >= 0.6 is 11.8 Å². The summed E-state index contributed by atoms with van der Waals surface area (Å²) in [6, 6.07) is 12.5. The average molecular weight is 463 g/mol. The summed E-state index contributed by atoms with van der Waals surface area (Å²) in [5.41, 5.74) is 2.98. The van der Waals surface area contributed by atoms with Crippen LogP contribution in [0.5, 0.6) is 0 Å². The molecule has 2 heterocycles. The summed E-state index contributed by atoms with van der Waals surface area (Å²) in [6.45, 7) is 1.43. The Hall–Kier alpha value is -3.77. The van der Waals surface area contributed by atoms with E-state index in [2.05, 4.69) is 22.0 Å². The minimum absolute atomic E-state index is 0.0161. The molecule has 1 aliphatic heterocycles. The van der Waals surface area contributed by atoms with Crippen molar-refractivity contribution in [3.05, 3.63) is 70.3 Å². The van der Waals surface area contributed by atoms with E-state index in [-0.39, 0.29) is 23.4 Å². The summed E-state index contributed by atoms with van der Waals surface area (Å²) in [7, 11) is 0. The van der Waals surface area contributed by atoms with Crippen molar-refractivity contribution in [3.63, 3.8) is 0 Å². The number of hydrogen-bond donors (Lipinski definition) is 3. The largest absolute Gasteiger partial charge is 0.468 e. The molecule has 3 N–H and O–H groups in total. The molecule has 0 bridgehead atoms. The second-order valence-electron chi connectivity index (χ2n) is 7.69. The smallest absolute Gasteiger partial charge is 0.234 e. The Balaban J connectivity index is 1.49. The number of amides is 2. The van der Waals surface area contributed by atoms with Crippen LogP contribution in [0.4, 0.5) is 11.4 Å². The van der Waals surface area contributed by atoms with Gasteiger partial charge in [-0.15, -0.1) is 0 Å². The Kier molecular flexibility index (Phi) is 6.66. The number of thioether (sulfide) groups is 1. The number of nitrogens with zero attached hydrogens (tertiary/aromatic N) is 1. The first-order valence-electron chi connectivity index (χ1n) is 10.5. The number of carbonyl (C=O) groups is 3. The van der Waals surface area contributed by atoms with Crippen LogP contribution in [-0.2, 0) is 14.4 Å². The number of carbonyl (C=O) groups excluding carboxylic acids is 3. The highest BCUT2D eigenvalue weighted by Crippen LogP contribution is 2.44. The first-order valence-corrected chi connectivity index (χ1v) is 11.5. The number of nitrogens with one attached hydrogen (secondary N) is 3. The zero-order valence-corrected chi connectivity index (χ0v) is 18.8. The molecule has 33 heavy (non-hydrogen) atoms. The zero-order chi connectivity index (χ0) is 23.4. The summed E-state index contributed by atoms with van der Waals surface area (Å²) in [5, 5.41) is 19.2. The Morgan fingerprint density at radius 2 is 1.91 bits per heavy atom. The standard InChI is InChI=1S/C24H22N4O4S/c1-14(29)26-15-7-9-16(10-8-15)27-21(31)13-33-24-17(12-25)22(20-6-3-11-32-20)23-18(28-24)4-2-5-19(23)30/h3,6-11,22,28H,2,4-5,13H2,1H3,(H,26,29)(H,27,31)/t22-/m1/s1. The van der Waals surface area contributed by atoms with Crippen molar-refractivity contribution in [2.45, 2.75) is 32.1 Å². The zero-order valence-electron chi connectivity index (χ0n) is 17.9. The van der Waals surface area contributed by atoms with Crippen LogP contribution in [0, 0.1) is 11.3 Å². The molecule has 1 aromatic carbocycles. The molecule has 0 spiro atoms. The molecule has 0 unspecified atom stereocenters. The van der Waals surface area contributed by atoms with Crippen LogP contribution in [0.25, 0.3) is 0 Å². The second kappa shape index (κ2) is 9.79. The Morgan fingerprint density at radius 3 is 2.55 bits per heavy atom. The van der Waals surface area contributed by atoms with Crippen LogP contribution in [0.2, 0.25) is 0 Å². The number of nitriles is 1. The minimum atomic E-state index is -0.569. The molecule has 0 fully saturated rings. The molecule has 2 aliphatic rings. The maximum atomic E-state index is 12.7. The van der Waals surface area contributed by atoms with Gasteiger partial charge in [0.15, 0.2) is 5.78 Å². The predicted octanol–water partition coefficient (Wildman–Crippen LogP) is 4.04. The third-order valence-corrected chi connectivity index (χ3v) is 6.34. The molecule has 168 valence electrons. The molecular formula is C24H22N4O4S. The molecule has 0 radical (unpaired) electrons. The van der Waals surface area contributed by atoms with E-state index in [1.165, 1.54) is 24.9 Å². The van der Waals surface area contributed by atoms with E-state index in [1.807, 2.05) is 0 Å². The fourth-order valence-corrected chi connectivity index (χ4v) is 4.81. The highest BCUT2D eigenvalue weighted by Gasteiger charge is 2.38. The lowest BCUT2D eigenvalue weighted by atomic mass is 9.79. The third-order valence-electron chi connectivity index (χ3n) is 5.33. The van der Waals surface area contributed by atoms with Crippen molar-refractivity contribution in [1.29, 1.82) is 5.26 Å². The minimum Gasteiger partial charge on any atom is -0.468 e. The van der Waals surface area contributed by atoms with Crippen molar-refractivity contribution >= 4 is 40.7 Å². The Morgan fingerprint density at radius 1 is 1.18 bits per heavy atom. The number of furan rings is 1. The van der Waals surface area contributed by atoms with E-state index in [4.69, 9.17) is 4.42 Å². The average Bonchev–Trinajstić information content (AvgIpc) is 3.32. The van der Waals surface area contributed by atoms with Crippen molar-refractivity contribution < 1.29 is 18.8 Å². The van der Waals surface area contributed by atoms with Gasteiger partial charge in [-0.2, -0.15) is 5.26 Å². The summed E-state index contributed by atoms with van der Waals surface area (Å²) in [4.78, 5) is 36.3. The first kappa shape index (κ1) is 22.4. The van der Waals surface area contributed by atoms with Crippen molar-refractivity contribution in [2.75, 3.05) is 16.4 Å². The summed E-state index contributed by atoms with van der Waals surface area (Å²) in [6.07, 6.45) is 3.41. The SMILES string of the molecule is CC(=O)Nc1ccc(NC(=O)CSC2=C(C#N)[C@H](c3ccco3)C3=C(CCCC3=O)N2)cc1. The van der Waals surface area contributed by atoms with Gasteiger partial charge in [0.1, 0.15) is 5.76 Å². The molecule has 8 nitrogen and oxygen atoms in total. The number of ketones is 1. The van der Waals surface area contributed by atoms with E-state index in [0.717, 1.165) is 12.1 Å². The molecule has 0 saturated carbocycles. The molecule has 0 saturated heterocycles. The van der Waals surface area contributed by atoms with E-state index < -0.39 is 5.92 Å². The van der Waals surface area contributed by atoms with Crippen molar-refractivity contribution in [1.82, 2.24) is 5.32 Å². The predicted molar refractivity (Wildman–Crippen MR) is 125 cm³/mol. The first-order chi connectivity index (χ1) is 16.0. The fourth-order valence-electron chi connectivity index (χ4n) is 3.95. The van der Waals surface area contributed by atoms with E-state index >= 15 is 0 Å². The van der Waals surface area contributed by atoms with Gasteiger partial charge in [-0.3, -0.25) is 14.4 Å². The number of benzene rings is 1. The third kappa shape index (κ3) is 5.02. The number of hydrogen-bond acceptors (Lipinski definition) is 7. The highest BCUT2D eigenvalue weighted by molar-refractivity contribution is 8.03. The summed E-state index contributed by atoms with van der Waals surface area (Å²) in [5.74, 6) is -0.355.